The summed E-state index contributed by atoms with van der Waals surface area (Å²) in [6, 6.07) is 6.73. The van der Waals surface area contributed by atoms with E-state index in [1.54, 1.807) is 0 Å². The average Bonchev–Trinajstić information content (AvgIpc) is 2.47. The van der Waals surface area contributed by atoms with Gasteiger partial charge in [-0.05, 0) is 50.5 Å². The lowest BCUT2D eigenvalue weighted by Gasteiger charge is -2.32. The number of rotatable bonds is 6. The van der Waals surface area contributed by atoms with Gasteiger partial charge in [0, 0.05) is 12.1 Å². The lowest BCUT2D eigenvalue weighted by molar-refractivity contribution is 0.151. The van der Waals surface area contributed by atoms with Crippen LogP contribution >= 0.6 is 0 Å². The first kappa shape index (κ1) is 15.4. The first-order valence-electron chi connectivity index (χ1n) is 7.49. The highest BCUT2D eigenvalue weighted by Crippen LogP contribution is 2.21. The maximum Gasteiger partial charge on any atom is 0.263 e. The number of nitrogens with zero attached hydrogens (tertiary/aromatic N) is 1. The van der Waals surface area contributed by atoms with Crippen molar-refractivity contribution in [3.05, 3.63) is 35.4 Å². The second-order valence-electron chi connectivity index (χ2n) is 5.57. The molecule has 0 amide bonds. The largest absolute Gasteiger partial charge is 0.317 e. The summed E-state index contributed by atoms with van der Waals surface area (Å²) in [5.41, 5.74) is 1.23. The van der Waals surface area contributed by atoms with Crippen molar-refractivity contribution in [2.24, 2.45) is 5.92 Å². The van der Waals surface area contributed by atoms with E-state index in [1.807, 2.05) is 12.1 Å². The number of hydrogen-bond acceptors (Lipinski definition) is 2. The zero-order valence-corrected chi connectivity index (χ0v) is 12.1. The number of halogens is 2. The third kappa shape index (κ3) is 4.53. The molecule has 1 saturated heterocycles. The van der Waals surface area contributed by atoms with Gasteiger partial charge in [0.2, 0.25) is 0 Å². The van der Waals surface area contributed by atoms with Crippen molar-refractivity contribution >= 4 is 0 Å². The predicted octanol–water partition coefficient (Wildman–Crippen LogP) is 3.45. The minimum Gasteiger partial charge on any atom is -0.317 e. The summed E-state index contributed by atoms with van der Waals surface area (Å²) < 4.78 is 25.0. The zero-order valence-electron chi connectivity index (χ0n) is 12.1. The normalized spacial score (nSPS) is 17.8. The molecule has 0 atom stereocenters. The Morgan fingerprint density at radius 3 is 2.40 bits per heavy atom. The fraction of sp³-hybridized carbons (Fsp3) is 0.625. The zero-order chi connectivity index (χ0) is 14.4. The van der Waals surface area contributed by atoms with Gasteiger partial charge in [-0.25, -0.2) is 8.78 Å². The Morgan fingerprint density at radius 2 is 1.85 bits per heavy atom. The number of nitrogens with one attached hydrogen (secondary N) is 1. The van der Waals surface area contributed by atoms with Crippen molar-refractivity contribution in [3.63, 3.8) is 0 Å². The first-order chi connectivity index (χ1) is 9.69. The van der Waals surface area contributed by atoms with E-state index in [1.165, 1.54) is 25.0 Å². The molecule has 2 rings (SSSR count). The van der Waals surface area contributed by atoms with Gasteiger partial charge in [-0.15, -0.1) is 0 Å². The molecule has 0 saturated carbocycles. The Balaban J connectivity index is 1.77. The summed E-state index contributed by atoms with van der Waals surface area (Å²) in [7, 11) is 0. The van der Waals surface area contributed by atoms with E-state index < -0.39 is 6.43 Å². The minimum atomic E-state index is -2.37. The lowest BCUT2D eigenvalue weighted by Crippen LogP contribution is -2.36. The Kier molecular flexibility index (Phi) is 5.92. The summed E-state index contributed by atoms with van der Waals surface area (Å²) >= 11 is 0. The van der Waals surface area contributed by atoms with Crippen molar-refractivity contribution in [1.29, 1.82) is 0 Å². The standard InChI is InChI=1S/C16H24F2N2/c1-2-19-11-13-7-9-20(10-8-13)12-14-3-5-15(6-4-14)16(17)18/h3-6,13,16,19H,2,7-12H2,1H3. The molecule has 1 N–H and O–H groups in total. The van der Waals surface area contributed by atoms with Crippen molar-refractivity contribution in [2.45, 2.75) is 32.7 Å². The summed E-state index contributed by atoms with van der Waals surface area (Å²) in [6.45, 7) is 7.37. The van der Waals surface area contributed by atoms with Gasteiger partial charge in [-0.3, -0.25) is 4.90 Å². The molecule has 0 bridgehead atoms. The summed E-state index contributed by atoms with van der Waals surface area (Å²) in [6.07, 6.45) is 0.0791. The monoisotopic (exact) mass is 282 g/mol. The van der Waals surface area contributed by atoms with Crippen molar-refractivity contribution in [3.8, 4) is 0 Å². The molecular formula is C16H24F2N2. The van der Waals surface area contributed by atoms with Crippen molar-refractivity contribution < 1.29 is 8.78 Å². The van der Waals surface area contributed by atoms with Crippen LogP contribution < -0.4 is 5.32 Å². The van der Waals surface area contributed by atoms with Crippen LogP contribution in [0.4, 0.5) is 8.78 Å². The number of alkyl halides is 2. The summed E-state index contributed by atoms with van der Waals surface area (Å²) in [5, 5.41) is 3.41. The maximum atomic E-state index is 12.5. The molecule has 0 radical (unpaired) electrons. The number of benzene rings is 1. The lowest BCUT2D eigenvalue weighted by atomic mass is 9.96. The Labute approximate surface area is 120 Å². The third-order valence-electron chi connectivity index (χ3n) is 4.03. The number of likely N-dealkylation sites (tertiary alicyclic amines) is 1. The van der Waals surface area contributed by atoms with Crippen LogP contribution in [0.3, 0.4) is 0 Å². The van der Waals surface area contributed by atoms with Crippen molar-refractivity contribution in [1.82, 2.24) is 10.2 Å². The van der Waals surface area contributed by atoms with Crippen LogP contribution in [0, 0.1) is 5.92 Å². The molecule has 112 valence electrons. The molecule has 1 aromatic rings. The van der Waals surface area contributed by atoms with Crippen LogP contribution in [0.25, 0.3) is 0 Å². The van der Waals surface area contributed by atoms with E-state index in [9.17, 15) is 8.78 Å². The molecule has 1 fully saturated rings. The fourth-order valence-electron chi connectivity index (χ4n) is 2.72. The first-order valence-corrected chi connectivity index (χ1v) is 7.49. The molecule has 0 spiro atoms. The van der Waals surface area contributed by atoms with Gasteiger partial charge in [0.05, 0.1) is 0 Å². The van der Waals surface area contributed by atoms with Crippen LogP contribution in [0.15, 0.2) is 24.3 Å². The molecule has 1 aliphatic rings. The van der Waals surface area contributed by atoms with E-state index in [2.05, 4.69) is 17.1 Å². The Hall–Kier alpha value is -1.00. The maximum absolute atomic E-state index is 12.5. The van der Waals surface area contributed by atoms with E-state index in [-0.39, 0.29) is 5.56 Å². The predicted molar refractivity (Wildman–Crippen MR) is 77.9 cm³/mol. The van der Waals surface area contributed by atoms with Crippen LogP contribution in [-0.2, 0) is 6.54 Å². The molecule has 20 heavy (non-hydrogen) atoms. The van der Waals surface area contributed by atoms with Gasteiger partial charge in [0.25, 0.3) is 6.43 Å². The van der Waals surface area contributed by atoms with Crippen molar-refractivity contribution in [2.75, 3.05) is 26.2 Å². The number of hydrogen-bond donors (Lipinski definition) is 1. The quantitative estimate of drug-likeness (QED) is 0.859. The van der Waals surface area contributed by atoms with E-state index in [4.69, 9.17) is 0 Å². The van der Waals surface area contributed by atoms with Gasteiger partial charge >= 0.3 is 0 Å². The van der Waals surface area contributed by atoms with Gasteiger partial charge in [-0.1, -0.05) is 31.2 Å². The van der Waals surface area contributed by atoms with Gasteiger partial charge in [0.15, 0.2) is 0 Å². The Morgan fingerprint density at radius 1 is 1.20 bits per heavy atom. The van der Waals surface area contributed by atoms with Crippen LogP contribution in [-0.4, -0.2) is 31.1 Å². The SMILES string of the molecule is CCNCC1CCN(Cc2ccc(C(F)F)cc2)CC1. The van der Waals surface area contributed by atoms with Crippen LogP contribution in [0.5, 0.6) is 0 Å². The fourth-order valence-corrected chi connectivity index (χ4v) is 2.72. The molecule has 0 aliphatic carbocycles. The second kappa shape index (κ2) is 7.70. The molecule has 1 aliphatic heterocycles. The second-order valence-corrected chi connectivity index (χ2v) is 5.57. The highest BCUT2D eigenvalue weighted by Gasteiger charge is 2.18. The molecule has 0 aromatic heterocycles. The number of piperidine rings is 1. The topological polar surface area (TPSA) is 15.3 Å². The molecule has 2 nitrogen and oxygen atoms in total. The van der Waals surface area contributed by atoms with E-state index in [0.717, 1.165) is 44.2 Å². The van der Waals surface area contributed by atoms with Gasteiger partial charge in [-0.2, -0.15) is 0 Å². The highest BCUT2D eigenvalue weighted by molar-refractivity contribution is 5.23. The van der Waals surface area contributed by atoms with Crippen LogP contribution in [0.1, 0.15) is 37.3 Å². The summed E-state index contributed by atoms with van der Waals surface area (Å²) in [5.74, 6) is 0.785. The minimum absolute atomic E-state index is 0.109. The van der Waals surface area contributed by atoms with Crippen LogP contribution in [0.2, 0.25) is 0 Å². The molecule has 4 heteroatoms. The van der Waals surface area contributed by atoms with Gasteiger partial charge < -0.3 is 5.32 Å². The Bertz CT molecular complexity index is 384. The third-order valence-corrected chi connectivity index (χ3v) is 4.03. The highest BCUT2D eigenvalue weighted by atomic mass is 19.3. The van der Waals surface area contributed by atoms with Gasteiger partial charge in [0.1, 0.15) is 0 Å². The molecule has 1 heterocycles. The summed E-state index contributed by atoms with van der Waals surface area (Å²) in [4.78, 5) is 2.42. The van der Waals surface area contributed by atoms with E-state index in [0.29, 0.717) is 0 Å². The molecule has 0 unspecified atom stereocenters. The molecule has 1 aromatic carbocycles. The average molecular weight is 282 g/mol. The van der Waals surface area contributed by atoms with E-state index >= 15 is 0 Å². The smallest absolute Gasteiger partial charge is 0.263 e. The molecular weight excluding hydrogens is 258 g/mol.